The number of benzene rings is 3. The van der Waals surface area contributed by atoms with E-state index in [1.807, 2.05) is 0 Å². The van der Waals surface area contributed by atoms with E-state index in [1.54, 1.807) is 0 Å². The predicted molar refractivity (Wildman–Crippen MR) is 119 cm³/mol. The summed E-state index contributed by atoms with van der Waals surface area (Å²) in [6.45, 7) is 8.90. The molecule has 0 aliphatic heterocycles. The highest BCUT2D eigenvalue weighted by atomic mass is 15.1. The van der Waals surface area contributed by atoms with Gasteiger partial charge in [0.05, 0.1) is 0 Å². The molecule has 1 heteroatoms. The van der Waals surface area contributed by atoms with E-state index in [-0.39, 0.29) is 0 Å². The third-order valence-electron chi connectivity index (χ3n) is 5.36. The number of rotatable bonds is 7. The van der Waals surface area contributed by atoms with E-state index < -0.39 is 0 Å². The van der Waals surface area contributed by atoms with Crippen LogP contribution in [0, 0.1) is 6.92 Å². The summed E-state index contributed by atoms with van der Waals surface area (Å²) >= 11 is 0. The minimum atomic E-state index is 0.597. The highest BCUT2D eigenvalue weighted by molar-refractivity contribution is 5.76. The van der Waals surface area contributed by atoms with Crippen LogP contribution in [0.4, 0.5) is 17.1 Å². The van der Waals surface area contributed by atoms with Gasteiger partial charge in [-0.3, -0.25) is 0 Å². The Bertz CT molecular complexity index is 829. The van der Waals surface area contributed by atoms with Crippen LogP contribution in [0.1, 0.15) is 56.2 Å². The topological polar surface area (TPSA) is 3.24 Å². The van der Waals surface area contributed by atoms with Crippen molar-refractivity contribution in [2.75, 3.05) is 4.90 Å². The lowest BCUT2D eigenvalue weighted by Crippen LogP contribution is -2.10. The van der Waals surface area contributed by atoms with Gasteiger partial charge in [0.2, 0.25) is 0 Å². The van der Waals surface area contributed by atoms with Gasteiger partial charge in [0.25, 0.3) is 0 Å². The van der Waals surface area contributed by atoms with Crippen LogP contribution in [0.25, 0.3) is 0 Å². The molecule has 0 fully saturated rings. The standard InChI is InChI=1S/C26H31N/c1-5-7-22-10-16-25(17-11-22)27(24-14-8-20(3)9-15-24)26-18-12-23(13-19-26)21(4)6-2/h8-19,21H,5-7H2,1-4H3. The summed E-state index contributed by atoms with van der Waals surface area (Å²) in [6, 6.07) is 26.8. The van der Waals surface area contributed by atoms with E-state index in [2.05, 4.69) is 105 Å². The van der Waals surface area contributed by atoms with Crippen LogP contribution in [-0.4, -0.2) is 0 Å². The van der Waals surface area contributed by atoms with Gasteiger partial charge in [0.15, 0.2) is 0 Å². The number of hydrogen-bond acceptors (Lipinski definition) is 1. The lowest BCUT2D eigenvalue weighted by molar-refractivity contribution is 0.733. The van der Waals surface area contributed by atoms with Crippen molar-refractivity contribution in [1.29, 1.82) is 0 Å². The molecule has 1 nitrogen and oxygen atoms in total. The van der Waals surface area contributed by atoms with E-state index >= 15 is 0 Å². The molecule has 0 aromatic heterocycles. The van der Waals surface area contributed by atoms with Crippen LogP contribution in [0.15, 0.2) is 72.8 Å². The Labute approximate surface area is 164 Å². The van der Waals surface area contributed by atoms with Crippen LogP contribution in [0.3, 0.4) is 0 Å². The summed E-state index contributed by atoms with van der Waals surface area (Å²) in [6.07, 6.45) is 3.48. The van der Waals surface area contributed by atoms with Gasteiger partial charge >= 0.3 is 0 Å². The molecular weight excluding hydrogens is 326 g/mol. The normalized spacial score (nSPS) is 12.0. The second-order valence-electron chi connectivity index (χ2n) is 7.49. The third kappa shape index (κ3) is 4.60. The Morgan fingerprint density at radius 3 is 1.67 bits per heavy atom. The van der Waals surface area contributed by atoms with E-state index in [4.69, 9.17) is 0 Å². The molecule has 1 atom stereocenters. The molecule has 0 aliphatic carbocycles. The van der Waals surface area contributed by atoms with Crippen LogP contribution >= 0.6 is 0 Å². The molecule has 0 spiro atoms. The highest BCUT2D eigenvalue weighted by Gasteiger charge is 2.13. The van der Waals surface area contributed by atoms with E-state index in [0.29, 0.717) is 5.92 Å². The SMILES string of the molecule is CCCc1ccc(N(c2ccc(C)cc2)c2ccc(C(C)CC)cc2)cc1. The van der Waals surface area contributed by atoms with Crippen molar-refractivity contribution in [3.05, 3.63) is 89.5 Å². The Balaban J connectivity index is 2.00. The van der Waals surface area contributed by atoms with Gasteiger partial charge in [0.1, 0.15) is 0 Å². The summed E-state index contributed by atoms with van der Waals surface area (Å²) < 4.78 is 0. The molecule has 0 saturated carbocycles. The molecule has 0 aliphatic rings. The average molecular weight is 358 g/mol. The van der Waals surface area contributed by atoms with E-state index in [1.165, 1.54) is 46.6 Å². The van der Waals surface area contributed by atoms with Crippen molar-refractivity contribution in [1.82, 2.24) is 0 Å². The summed E-state index contributed by atoms with van der Waals surface area (Å²) in [7, 11) is 0. The number of aryl methyl sites for hydroxylation is 2. The van der Waals surface area contributed by atoms with Crippen molar-refractivity contribution in [2.45, 2.75) is 52.9 Å². The predicted octanol–water partition coefficient (Wildman–Crippen LogP) is 7.93. The first-order valence-corrected chi connectivity index (χ1v) is 10.2. The van der Waals surface area contributed by atoms with Crippen molar-refractivity contribution in [2.24, 2.45) is 0 Å². The molecule has 3 aromatic rings. The number of anilines is 3. The molecule has 0 bridgehead atoms. The Hall–Kier alpha value is -2.54. The van der Waals surface area contributed by atoms with Gasteiger partial charge in [0, 0.05) is 17.1 Å². The lowest BCUT2D eigenvalue weighted by Gasteiger charge is -2.26. The second kappa shape index (κ2) is 8.90. The lowest BCUT2D eigenvalue weighted by atomic mass is 9.98. The quantitative estimate of drug-likeness (QED) is 0.415. The third-order valence-corrected chi connectivity index (χ3v) is 5.36. The smallest absolute Gasteiger partial charge is 0.0461 e. The van der Waals surface area contributed by atoms with Gasteiger partial charge in [-0.25, -0.2) is 0 Å². The van der Waals surface area contributed by atoms with E-state index in [0.717, 1.165) is 6.42 Å². The summed E-state index contributed by atoms with van der Waals surface area (Å²) in [4.78, 5) is 2.34. The fourth-order valence-corrected chi connectivity index (χ4v) is 3.43. The first kappa shape index (κ1) is 19.2. The Morgan fingerprint density at radius 1 is 0.704 bits per heavy atom. The van der Waals surface area contributed by atoms with Crippen molar-refractivity contribution in [3.8, 4) is 0 Å². The molecule has 0 radical (unpaired) electrons. The zero-order valence-corrected chi connectivity index (χ0v) is 17.1. The zero-order chi connectivity index (χ0) is 19.2. The van der Waals surface area contributed by atoms with Gasteiger partial charge in [-0.1, -0.05) is 69.2 Å². The molecule has 140 valence electrons. The maximum atomic E-state index is 2.34. The zero-order valence-electron chi connectivity index (χ0n) is 17.1. The van der Waals surface area contributed by atoms with Crippen LogP contribution < -0.4 is 4.90 Å². The van der Waals surface area contributed by atoms with Crippen molar-refractivity contribution >= 4 is 17.1 Å². The van der Waals surface area contributed by atoms with E-state index in [9.17, 15) is 0 Å². The van der Waals surface area contributed by atoms with Gasteiger partial charge in [-0.15, -0.1) is 0 Å². The van der Waals surface area contributed by atoms with Gasteiger partial charge in [-0.05, 0) is 73.2 Å². The fourth-order valence-electron chi connectivity index (χ4n) is 3.43. The first-order valence-electron chi connectivity index (χ1n) is 10.2. The molecule has 1 unspecified atom stereocenters. The van der Waals surface area contributed by atoms with Crippen LogP contribution in [0.5, 0.6) is 0 Å². The molecule has 3 rings (SSSR count). The Kier molecular flexibility index (Phi) is 6.34. The van der Waals surface area contributed by atoms with Crippen molar-refractivity contribution < 1.29 is 0 Å². The molecule has 0 saturated heterocycles. The Morgan fingerprint density at radius 2 is 1.19 bits per heavy atom. The van der Waals surface area contributed by atoms with Crippen LogP contribution in [0.2, 0.25) is 0 Å². The molecular formula is C26H31N. The molecule has 0 heterocycles. The summed E-state index contributed by atoms with van der Waals surface area (Å²) in [5.74, 6) is 0.597. The summed E-state index contributed by atoms with van der Waals surface area (Å²) in [5.41, 5.74) is 7.69. The minimum Gasteiger partial charge on any atom is -0.311 e. The largest absolute Gasteiger partial charge is 0.311 e. The molecule has 3 aromatic carbocycles. The molecule has 0 N–H and O–H groups in total. The monoisotopic (exact) mass is 357 g/mol. The first-order chi connectivity index (χ1) is 13.1. The second-order valence-corrected chi connectivity index (χ2v) is 7.49. The average Bonchev–Trinajstić information content (AvgIpc) is 2.71. The number of hydrogen-bond donors (Lipinski definition) is 0. The highest BCUT2D eigenvalue weighted by Crippen LogP contribution is 2.35. The van der Waals surface area contributed by atoms with Gasteiger partial charge in [-0.2, -0.15) is 0 Å². The number of nitrogens with zero attached hydrogens (tertiary/aromatic N) is 1. The summed E-state index contributed by atoms with van der Waals surface area (Å²) in [5, 5.41) is 0. The maximum absolute atomic E-state index is 2.34. The molecule has 27 heavy (non-hydrogen) atoms. The maximum Gasteiger partial charge on any atom is 0.0461 e. The molecule has 0 amide bonds. The minimum absolute atomic E-state index is 0.597. The van der Waals surface area contributed by atoms with Gasteiger partial charge < -0.3 is 4.90 Å². The fraction of sp³-hybridized carbons (Fsp3) is 0.308. The van der Waals surface area contributed by atoms with Crippen LogP contribution in [-0.2, 0) is 6.42 Å². The van der Waals surface area contributed by atoms with Crippen molar-refractivity contribution in [3.63, 3.8) is 0 Å².